The molecule has 148 valence electrons. The maximum Gasteiger partial charge on any atom is 0.254 e. The Morgan fingerprint density at radius 3 is 2.55 bits per heavy atom. The van der Waals surface area contributed by atoms with Gasteiger partial charge >= 0.3 is 0 Å². The molecule has 2 aromatic carbocycles. The zero-order valence-corrected chi connectivity index (χ0v) is 17.0. The summed E-state index contributed by atoms with van der Waals surface area (Å²) in [5.74, 6) is 0.822. The number of H-pyrrole nitrogens is 1. The predicted octanol–water partition coefficient (Wildman–Crippen LogP) is 4.69. The third kappa shape index (κ3) is 3.98. The Hall–Kier alpha value is -3.25. The van der Waals surface area contributed by atoms with Crippen LogP contribution in [-0.2, 0) is 6.54 Å². The minimum absolute atomic E-state index is 0.147. The third-order valence-corrected chi connectivity index (χ3v) is 4.92. The van der Waals surface area contributed by atoms with Gasteiger partial charge in [0, 0.05) is 28.2 Å². The van der Waals surface area contributed by atoms with Gasteiger partial charge in [0.15, 0.2) is 0 Å². The zero-order valence-electron chi connectivity index (χ0n) is 16.2. The fourth-order valence-corrected chi connectivity index (χ4v) is 3.32. The number of nitrogens with zero attached hydrogens (tertiary/aromatic N) is 2. The summed E-state index contributed by atoms with van der Waals surface area (Å²) in [5, 5.41) is 9.43. The Bertz CT molecular complexity index is 1190. The third-order valence-electron chi connectivity index (χ3n) is 4.67. The van der Waals surface area contributed by atoms with Gasteiger partial charge in [-0.05, 0) is 68.4 Å². The molecule has 4 aromatic rings. The van der Waals surface area contributed by atoms with Gasteiger partial charge in [-0.1, -0.05) is 11.6 Å². The van der Waals surface area contributed by atoms with Crippen LogP contribution in [0.15, 0.2) is 59.4 Å². The van der Waals surface area contributed by atoms with Crippen molar-refractivity contribution in [3.05, 3.63) is 81.2 Å². The van der Waals surface area contributed by atoms with Crippen molar-refractivity contribution in [3.8, 4) is 11.4 Å². The highest BCUT2D eigenvalue weighted by Crippen LogP contribution is 2.22. The highest BCUT2D eigenvalue weighted by molar-refractivity contribution is 6.30. The molecule has 0 radical (unpaired) electrons. The Morgan fingerprint density at radius 1 is 1.14 bits per heavy atom. The summed E-state index contributed by atoms with van der Waals surface area (Å²) in [6.07, 6.45) is 0. The second-order valence-electron chi connectivity index (χ2n) is 6.67. The summed E-state index contributed by atoms with van der Waals surface area (Å²) < 4.78 is 7.18. The monoisotopic (exact) mass is 408 g/mol. The second kappa shape index (κ2) is 8.01. The maximum atomic E-state index is 12.7. The van der Waals surface area contributed by atoms with E-state index in [4.69, 9.17) is 16.3 Å². The van der Waals surface area contributed by atoms with Crippen molar-refractivity contribution in [1.29, 1.82) is 0 Å². The molecule has 0 aliphatic carbocycles. The van der Waals surface area contributed by atoms with E-state index in [-0.39, 0.29) is 5.56 Å². The van der Waals surface area contributed by atoms with Crippen LogP contribution in [0.1, 0.15) is 18.2 Å². The summed E-state index contributed by atoms with van der Waals surface area (Å²) in [5.41, 5.74) is 3.76. The Balaban J connectivity index is 1.61. The Morgan fingerprint density at radius 2 is 1.86 bits per heavy atom. The molecular weight excluding hydrogens is 388 g/mol. The summed E-state index contributed by atoms with van der Waals surface area (Å²) >= 11 is 5.98. The molecule has 0 bridgehead atoms. The van der Waals surface area contributed by atoms with Gasteiger partial charge in [0.2, 0.25) is 0 Å². The van der Waals surface area contributed by atoms with Gasteiger partial charge in [-0.3, -0.25) is 4.79 Å². The number of rotatable bonds is 6. The summed E-state index contributed by atoms with van der Waals surface area (Å²) in [6.45, 7) is 4.92. The van der Waals surface area contributed by atoms with Crippen molar-refractivity contribution in [1.82, 2.24) is 14.8 Å². The van der Waals surface area contributed by atoms with Crippen LogP contribution in [-0.4, -0.2) is 21.4 Å². The molecule has 7 heteroatoms. The molecular formula is C22H21ClN4O2. The van der Waals surface area contributed by atoms with Crippen molar-refractivity contribution in [2.45, 2.75) is 20.4 Å². The molecule has 0 amide bonds. The van der Waals surface area contributed by atoms with E-state index < -0.39 is 0 Å². The number of anilines is 1. The number of aromatic nitrogens is 3. The Labute approximate surface area is 173 Å². The van der Waals surface area contributed by atoms with Gasteiger partial charge < -0.3 is 15.0 Å². The molecule has 4 rings (SSSR count). The van der Waals surface area contributed by atoms with Crippen LogP contribution < -0.4 is 15.6 Å². The highest BCUT2D eigenvalue weighted by Gasteiger charge is 2.13. The van der Waals surface area contributed by atoms with Crippen LogP contribution in [0, 0.1) is 6.92 Å². The number of nitrogens with one attached hydrogen (secondary N) is 2. The normalized spacial score (nSPS) is 11.0. The van der Waals surface area contributed by atoms with Gasteiger partial charge in [0.05, 0.1) is 18.0 Å². The van der Waals surface area contributed by atoms with E-state index in [0.717, 1.165) is 28.2 Å². The summed E-state index contributed by atoms with van der Waals surface area (Å²) in [7, 11) is 0. The number of hydrogen-bond acceptors (Lipinski definition) is 4. The van der Waals surface area contributed by atoms with E-state index >= 15 is 0 Å². The predicted molar refractivity (Wildman–Crippen MR) is 116 cm³/mol. The van der Waals surface area contributed by atoms with Crippen molar-refractivity contribution >= 4 is 28.3 Å². The zero-order chi connectivity index (χ0) is 20.4. The van der Waals surface area contributed by atoms with Crippen LogP contribution in [0.25, 0.3) is 16.7 Å². The van der Waals surface area contributed by atoms with E-state index in [1.165, 1.54) is 0 Å². The number of fused-ring (bicyclic) bond motifs is 1. The number of aromatic amines is 1. The van der Waals surface area contributed by atoms with Crippen LogP contribution in [0.2, 0.25) is 5.02 Å². The van der Waals surface area contributed by atoms with E-state index in [9.17, 15) is 4.79 Å². The summed E-state index contributed by atoms with van der Waals surface area (Å²) in [4.78, 5) is 15.6. The largest absolute Gasteiger partial charge is 0.494 e. The van der Waals surface area contributed by atoms with Crippen molar-refractivity contribution in [3.63, 3.8) is 0 Å². The smallest absolute Gasteiger partial charge is 0.254 e. The molecule has 2 aromatic heterocycles. The average Bonchev–Trinajstić information content (AvgIpc) is 3.03. The minimum Gasteiger partial charge on any atom is -0.494 e. The molecule has 0 unspecified atom stereocenters. The van der Waals surface area contributed by atoms with Gasteiger partial charge in [-0.15, -0.1) is 0 Å². The molecule has 0 fully saturated rings. The number of hydrogen-bond donors (Lipinski definition) is 2. The van der Waals surface area contributed by atoms with Crippen LogP contribution >= 0.6 is 11.6 Å². The molecule has 6 nitrogen and oxygen atoms in total. The van der Waals surface area contributed by atoms with Gasteiger partial charge in [0.1, 0.15) is 11.4 Å². The van der Waals surface area contributed by atoms with Gasteiger partial charge in [-0.25, -0.2) is 4.68 Å². The number of benzene rings is 2. The molecule has 29 heavy (non-hydrogen) atoms. The van der Waals surface area contributed by atoms with Crippen molar-refractivity contribution in [2.75, 3.05) is 11.9 Å². The molecule has 0 saturated heterocycles. The van der Waals surface area contributed by atoms with E-state index in [1.54, 1.807) is 16.8 Å². The standard InChI is InChI=1S/C22H21ClN4O2/c1-3-29-19-10-6-17(7-11-19)24-13-15-12-20-14(2)26-27(21(20)25-22(15)28)18-8-4-16(23)5-9-18/h4-12,24H,3,13H2,1-2H3,(H,25,28). The van der Waals surface area contributed by atoms with Crippen molar-refractivity contribution < 1.29 is 4.74 Å². The van der Waals surface area contributed by atoms with Crippen LogP contribution in [0.3, 0.4) is 0 Å². The average molecular weight is 409 g/mol. The quantitative estimate of drug-likeness (QED) is 0.485. The lowest BCUT2D eigenvalue weighted by atomic mass is 10.2. The molecule has 2 N–H and O–H groups in total. The van der Waals surface area contributed by atoms with Crippen molar-refractivity contribution in [2.24, 2.45) is 0 Å². The molecule has 0 atom stereocenters. The Kier molecular flexibility index (Phi) is 5.27. The number of halogens is 1. The van der Waals surface area contributed by atoms with E-state index in [1.807, 2.05) is 56.3 Å². The summed E-state index contributed by atoms with van der Waals surface area (Å²) in [6, 6.07) is 16.9. The van der Waals surface area contributed by atoms with Crippen LogP contribution in [0.4, 0.5) is 5.69 Å². The molecule has 2 heterocycles. The first kappa shape index (κ1) is 19.1. The lowest BCUT2D eigenvalue weighted by Gasteiger charge is -2.08. The van der Waals surface area contributed by atoms with Gasteiger partial charge in [-0.2, -0.15) is 5.10 Å². The number of ether oxygens (including phenoxy) is 1. The van der Waals surface area contributed by atoms with E-state index in [0.29, 0.717) is 29.4 Å². The van der Waals surface area contributed by atoms with Gasteiger partial charge in [0.25, 0.3) is 5.56 Å². The minimum atomic E-state index is -0.147. The molecule has 0 aliphatic heterocycles. The SMILES string of the molecule is CCOc1ccc(NCc2cc3c(C)nn(-c4ccc(Cl)cc4)c3[nH]c2=O)cc1. The van der Waals surface area contributed by atoms with E-state index in [2.05, 4.69) is 15.4 Å². The lowest BCUT2D eigenvalue weighted by Crippen LogP contribution is -2.16. The topological polar surface area (TPSA) is 71.9 Å². The van der Waals surface area contributed by atoms with Crippen LogP contribution in [0.5, 0.6) is 5.75 Å². The molecule has 0 spiro atoms. The fraction of sp³-hybridized carbons (Fsp3) is 0.182. The first-order chi connectivity index (χ1) is 14.0. The fourth-order valence-electron chi connectivity index (χ4n) is 3.19. The second-order valence-corrected chi connectivity index (χ2v) is 7.11. The highest BCUT2D eigenvalue weighted by atomic mass is 35.5. The molecule has 0 saturated carbocycles. The molecule has 0 aliphatic rings. The maximum absolute atomic E-state index is 12.7. The first-order valence-electron chi connectivity index (χ1n) is 9.39. The number of pyridine rings is 1. The first-order valence-corrected chi connectivity index (χ1v) is 9.77. The number of aryl methyl sites for hydroxylation is 1. The lowest BCUT2D eigenvalue weighted by molar-refractivity contribution is 0.340.